The number of nitrogens with one attached hydrogen (secondary N) is 2. The number of nitrogens with zero attached hydrogens (tertiary/aromatic N) is 3. The summed E-state index contributed by atoms with van der Waals surface area (Å²) in [4.78, 5) is 33.0. The molecule has 0 bridgehead atoms. The second-order valence-electron chi connectivity index (χ2n) is 6.22. The van der Waals surface area contributed by atoms with Gasteiger partial charge in [0.2, 0.25) is 5.65 Å². The van der Waals surface area contributed by atoms with Crippen LogP contribution in [-0.2, 0) is 6.42 Å². The Kier molecular flexibility index (Phi) is 2.62. The third-order valence-electron chi connectivity index (χ3n) is 4.79. The summed E-state index contributed by atoms with van der Waals surface area (Å²) in [5.74, 6) is 0. The average Bonchev–Trinajstić information content (AvgIpc) is 3.10. The monoisotopic (exact) mass is 321 g/mol. The molecule has 2 amide bonds. The van der Waals surface area contributed by atoms with Crippen LogP contribution in [0.5, 0.6) is 0 Å². The van der Waals surface area contributed by atoms with E-state index in [1.807, 2.05) is 28.8 Å². The lowest BCUT2D eigenvalue weighted by Gasteiger charge is -2.30. The van der Waals surface area contributed by atoms with E-state index in [9.17, 15) is 9.59 Å². The molecule has 24 heavy (non-hydrogen) atoms. The molecule has 2 aliphatic rings. The molecule has 7 heteroatoms. The molecule has 5 rings (SSSR count). The van der Waals surface area contributed by atoms with Gasteiger partial charge < -0.3 is 15.2 Å². The first-order valence-corrected chi connectivity index (χ1v) is 7.98. The molecule has 120 valence electrons. The quantitative estimate of drug-likeness (QED) is 0.561. The summed E-state index contributed by atoms with van der Waals surface area (Å²) in [6, 6.07) is 5.75. The molecular weight excluding hydrogens is 306 g/mol. The standard InChI is InChI=1S/C17H15N5O2/c23-16-15-18-4-7-22(15)13-9-10-8-11(2-3-12(10)14(13)20-16)19-17(24)21-5-1-6-21/h2-4,7-8H,1,5-6,9H2,(H,19,24)(H,20,23). The van der Waals surface area contributed by atoms with Crippen LogP contribution in [0.25, 0.3) is 16.9 Å². The van der Waals surface area contributed by atoms with Gasteiger partial charge in [0.25, 0.3) is 5.56 Å². The Morgan fingerprint density at radius 3 is 2.96 bits per heavy atom. The fraction of sp³-hybridized carbons (Fsp3) is 0.235. The number of aromatic amines is 1. The van der Waals surface area contributed by atoms with Gasteiger partial charge in [0.05, 0.1) is 11.4 Å². The molecule has 1 aliphatic heterocycles. The molecule has 0 unspecified atom stereocenters. The molecule has 2 aromatic heterocycles. The number of carbonyl (C=O) groups is 1. The van der Waals surface area contributed by atoms with Crippen molar-refractivity contribution in [2.24, 2.45) is 0 Å². The summed E-state index contributed by atoms with van der Waals surface area (Å²) >= 11 is 0. The van der Waals surface area contributed by atoms with Gasteiger partial charge in [-0.3, -0.25) is 9.20 Å². The van der Waals surface area contributed by atoms with Crippen LogP contribution in [-0.4, -0.2) is 38.4 Å². The maximum absolute atomic E-state index is 12.1. The molecule has 0 radical (unpaired) electrons. The Bertz CT molecular complexity index is 1040. The van der Waals surface area contributed by atoms with Crippen molar-refractivity contribution in [3.8, 4) is 11.3 Å². The minimum Gasteiger partial charge on any atom is -0.324 e. The van der Waals surface area contributed by atoms with E-state index in [1.165, 1.54) is 0 Å². The van der Waals surface area contributed by atoms with Crippen LogP contribution in [0.1, 0.15) is 17.7 Å². The summed E-state index contributed by atoms with van der Waals surface area (Å²) in [6.45, 7) is 1.64. The number of likely N-dealkylation sites (tertiary alicyclic amines) is 1. The van der Waals surface area contributed by atoms with Crippen LogP contribution in [0.15, 0.2) is 35.4 Å². The molecule has 1 saturated heterocycles. The van der Waals surface area contributed by atoms with Gasteiger partial charge in [-0.15, -0.1) is 0 Å². The molecule has 2 N–H and O–H groups in total. The lowest BCUT2D eigenvalue weighted by molar-refractivity contribution is 0.181. The maximum atomic E-state index is 12.1. The Morgan fingerprint density at radius 1 is 1.29 bits per heavy atom. The predicted molar refractivity (Wildman–Crippen MR) is 89.3 cm³/mol. The molecule has 1 aliphatic carbocycles. The van der Waals surface area contributed by atoms with E-state index in [4.69, 9.17) is 0 Å². The fourth-order valence-corrected chi connectivity index (χ4v) is 3.41. The molecular formula is C17H15N5O2. The second-order valence-corrected chi connectivity index (χ2v) is 6.22. The highest BCUT2D eigenvalue weighted by molar-refractivity contribution is 5.90. The summed E-state index contributed by atoms with van der Waals surface area (Å²) in [5, 5.41) is 2.94. The van der Waals surface area contributed by atoms with Crippen LogP contribution >= 0.6 is 0 Å². The van der Waals surface area contributed by atoms with Gasteiger partial charge >= 0.3 is 6.03 Å². The average molecular weight is 321 g/mol. The zero-order valence-electron chi connectivity index (χ0n) is 12.9. The topological polar surface area (TPSA) is 82.5 Å². The van der Waals surface area contributed by atoms with Crippen LogP contribution in [0.3, 0.4) is 0 Å². The number of hydrogen-bond donors (Lipinski definition) is 2. The molecule has 1 aromatic carbocycles. The number of fused-ring (bicyclic) bond motifs is 5. The molecule has 3 heterocycles. The maximum Gasteiger partial charge on any atom is 0.321 e. The van der Waals surface area contributed by atoms with Crippen molar-refractivity contribution in [2.45, 2.75) is 12.8 Å². The normalized spacial score (nSPS) is 15.1. The van der Waals surface area contributed by atoms with E-state index >= 15 is 0 Å². The number of carbonyl (C=O) groups excluding carboxylic acids is 1. The van der Waals surface area contributed by atoms with Crippen LogP contribution < -0.4 is 10.9 Å². The van der Waals surface area contributed by atoms with Crippen molar-refractivity contribution in [3.05, 3.63) is 52.2 Å². The number of benzene rings is 1. The lowest BCUT2D eigenvalue weighted by Crippen LogP contribution is -2.44. The van der Waals surface area contributed by atoms with Gasteiger partial charge in [0, 0.05) is 43.2 Å². The van der Waals surface area contributed by atoms with E-state index in [1.54, 1.807) is 11.1 Å². The van der Waals surface area contributed by atoms with Crippen molar-refractivity contribution in [2.75, 3.05) is 18.4 Å². The van der Waals surface area contributed by atoms with E-state index < -0.39 is 0 Å². The zero-order valence-corrected chi connectivity index (χ0v) is 12.9. The molecule has 0 spiro atoms. The number of H-pyrrole nitrogens is 1. The smallest absolute Gasteiger partial charge is 0.321 e. The number of urea groups is 1. The number of hydrogen-bond acceptors (Lipinski definition) is 3. The molecule has 3 aromatic rings. The molecule has 1 fully saturated rings. The van der Waals surface area contributed by atoms with Gasteiger partial charge in [-0.1, -0.05) is 6.07 Å². The third-order valence-corrected chi connectivity index (χ3v) is 4.79. The van der Waals surface area contributed by atoms with Crippen molar-refractivity contribution < 1.29 is 4.79 Å². The second kappa shape index (κ2) is 4.70. The number of rotatable bonds is 1. The third kappa shape index (κ3) is 1.81. The van der Waals surface area contributed by atoms with Crippen molar-refractivity contribution >= 4 is 17.4 Å². The van der Waals surface area contributed by atoms with Gasteiger partial charge in [0.1, 0.15) is 0 Å². The molecule has 0 atom stereocenters. The summed E-state index contributed by atoms with van der Waals surface area (Å²) in [7, 11) is 0. The van der Waals surface area contributed by atoms with Crippen molar-refractivity contribution in [1.82, 2.24) is 19.3 Å². The van der Waals surface area contributed by atoms with E-state index in [2.05, 4.69) is 15.3 Å². The predicted octanol–water partition coefficient (Wildman–Crippen LogP) is 1.83. The zero-order chi connectivity index (χ0) is 16.3. The van der Waals surface area contributed by atoms with Gasteiger partial charge in [-0.25, -0.2) is 9.78 Å². The SMILES string of the molecule is O=C(Nc1ccc2c(c1)Cc1c-2[nH]c(=O)c2nccn12)N1CCC1. The highest BCUT2D eigenvalue weighted by Crippen LogP contribution is 2.36. The molecule has 7 nitrogen and oxygen atoms in total. The van der Waals surface area contributed by atoms with Gasteiger partial charge in [-0.05, 0) is 24.1 Å². The minimum absolute atomic E-state index is 0.0536. The van der Waals surface area contributed by atoms with Gasteiger partial charge in [-0.2, -0.15) is 0 Å². The van der Waals surface area contributed by atoms with Crippen LogP contribution in [0, 0.1) is 0 Å². The highest BCUT2D eigenvalue weighted by atomic mass is 16.2. The number of anilines is 1. The summed E-state index contributed by atoms with van der Waals surface area (Å²) < 4.78 is 1.84. The highest BCUT2D eigenvalue weighted by Gasteiger charge is 2.24. The number of aromatic nitrogens is 3. The number of imidazole rings is 1. The van der Waals surface area contributed by atoms with Crippen molar-refractivity contribution in [3.63, 3.8) is 0 Å². The van der Waals surface area contributed by atoms with Crippen molar-refractivity contribution in [1.29, 1.82) is 0 Å². The van der Waals surface area contributed by atoms with Crippen LogP contribution in [0.4, 0.5) is 10.5 Å². The van der Waals surface area contributed by atoms with E-state index in [0.29, 0.717) is 12.1 Å². The lowest BCUT2D eigenvalue weighted by atomic mass is 10.1. The van der Waals surface area contributed by atoms with Crippen LogP contribution in [0.2, 0.25) is 0 Å². The first-order valence-electron chi connectivity index (χ1n) is 7.98. The largest absolute Gasteiger partial charge is 0.324 e. The number of amides is 2. The van der Waals surface area contributed by atoms with E-state index in [-0.39, 0.29) is 11.6 Å². The Hall–Kier alpha value is -3.09. The summed E-state index contributed by atoms with van der Waals surface area (Å²) in [5.41, 5.74) is 4.93. The first kappa shape index (κ1) is 13.4. The Balaban J connectivity index is 1.53. The Morgan fingerprint density at radius 2 is 2.17 bits per heavy atom. The fourth-order valence-electron chi connectivity index (χ4n) is 3.41. The minimum atomic E-state index is -0.193. The van der Waals surface area contributed by atoms with Gasteiger partial charge in [0.15, 0.2) is 0 Å². The first-order chi connectivity index (χ1) is 11.7. The summed E-state index contributed by atoms with van der Waals surface area (Å²) in [6.07, 6.45) is 5.21. The van der Waals surface area contributed by atoms with E-state index in [0.717, 1.165) is 47.7 Å². The Labute approximate surface area is 136 Å². The molecule has 0 saturated carbocycles.